The van der Waals surface area contributed by atoms with E-state index in [0.29, 0.717) is 13.0 Å². The van der Waals surface area contributed by atoms with Gasteiger partial charge < -0.3 is 4.74 Å². The first kappa shape index (κ1) is 16.8. The Kier molecular flexibility index (Phi) is 12.9. The number of hydrogen-bond donors (Lipinski definition) is 0. The predicted octanol–water partition coefficient (Wildman–Crippen LogP) is 4.25. The van der Waals surface area contributed by atoms with E-state index in [4.69, 9.17) is 4.74 Å². The van der Waals surface area contributed by atoms with Crippen molar-refractivity contribution in [2.24, 2.45) is 0 Å². The molecule has 0 heterocycles. The van der Waals surface area contributed by atoms with Crippen molar-refractivity contribution in [3.63, 3.8) is 0 Å². The Morgan fingerprint density at radius 1 is 1.06 bits per heavy atom. The highest BCUT2D eigenvalue weighted by molar-refractivity contribution is 5.71. The Hall–Kier alpha value is -1.23. The third-order valence-corrected chi connectivity index (χ3v) is 2.46. The Morgan fingerprint density at radius 3 is 2.44 bits per heavy atom. The molecule has 102 valence electrons. The molecule has 0 bridgehead atoms. The van der Waals surface area contributed by atoms with E-state index in [2.05, 4.69) is 18.8 Å². The molecule has 0 aliphatic heterocycles. The molecular formula is C16H26O2. The molecule has 0 saturated carbocycles. The van der Waals surface area contributed by atoms with Crippen LogP contribution in [-0.2, 0) is 9.53 Å². The summed E-state index contributed by atoms with van der Waals surface area (Å²) in [4.78, 5) is 11.0. The zero-order valence-electron chi connectivity index (χ0n) is 11.8. The van der Waals surface area contributed by atoms with Crippen LogP contribution < -0.4 is 0 Å². The molecule has 2 heteroatoms. The van der Waals surface area contributed by atoms with Crippen molar-refractivity contribution in [3.05, 3.63) is 12.2 Å². The van der Waals surface area contributed by atoms with Gasteiger partial charge in [0, 0.05) is 12.8 Å². The lowest BCUT2D eigenvalue weighted by molar-refractivity contribution is -0.142. The van der Waals surface area contributed by atoms with E-state index in [9.17, 15) is 4.79 Å². The second-order valence-corrected chi connectivity index (χ2v) is 4.18. The van der Waals surface area contributed by atoms with E-state index in [1.807, 2.05) is 19.1 Å². The van der Waals surface area contributed by atoms with Gasteiger partial charge in [0.1, 0.15) is 0 Å². The minimum absolute atomic E-state index is 0.149. The summed E-state index contributed by atoms with van der Waals surface area (Å²) < 4.78 is 4.82. The van der Waals surface area contributed by atoms with E-state index >= 15 is 0 Å². The normalized spacial score (nSPS) is 10.1. The van der Waals surface area contributed by atoms with Gasteiger partial charge in [0.25, 0.3) is 0 Å². The van der Waals surface area contributed by atoms with Crippen LogP contribution in [0.25, 0.3) is 0 Å². The van der Waals surface area contributed by atoms with Gasteiger partial charge in [-0.3, -0.25) is 4.79 Å². The third-order valence-electron chi connectivity index (χ3n) is 2.46. The van der Waals surface area contributed by atoms with Crippen LogP contribution in [0.4, 0.5) is 0 Å². The topological polar surface area (TPSA) is 26.3 Å². The SMILES string of the molecule is CCCCCC#CCCC/C=C/CC(=O)OCC. The number of allylic oxidation sites excluding steroid dienone is 1. The van der Waals surface area contributed by atoms with Gasteiger partial charge in [-0.1, -0.05) is 31.9 Å². The minimum Gasteiger partial charge on any atom is -0.466 e. The second-order valence-electron chi connectivity index (χ2n) is 4.18. The molecule has 0 amide bonds. The summed E-state index contributed by atoms with van der Waals surface area (Å²) in [5.74, 6) is 6.24. The van der Waals surface area contributed by atoms with Crippen molar-refractivity contribution in [2.45, 2.75) is 65.2 Å². The molecule has 18 heavy (non-hydrogen) atoms. The number of hydrogen-bond acceptors (Lipinski definition) is 2. The average Bonchev–Trinajstić information content (AvgIpc) is 2.36. The maximum atomic E-state index is 11.0. The Labute approximate surface area is 112 Å². The van der Waals surface area contributed by atoms with Crippen LogP contribution in [-0.4, -0.2) is 12.6 Å². The van der Waals surface area contributed by atoms with Crippen molar-refractivity contribution < 1.29 is 9.53 Å². The van der Waals surface area contributed by atoms with Crippen molar-refractivity contribution in [3.8, 4) is 11.8 Å². The monoisotopic (exact) mass is 250 g/mol. The van der Waals surface area contributed by atoms with Crippen molar-refractivity contribution in [2.75, 3.05) is 6.61 Å². The maximum absolute atomic E-state index is 11.0. The van der Waals surface area contributed by atoms with Crippen LogP contribution in [0, 0.1) is 11.8 Å². The van der Waals surface area contributed by atoms with E-state index < -0.39 is 0 Å². The fourth-order valence-corrected chi connectivity index (χ4v) is 1.47. The molecular weight excluding hydrogens is 224 g/mol. The molecule has 0 radical (unpaired) electrons. The quantitative estimate of drug-likeness (QED) is 0.265. The van der Waals surface area contributed by atoms with Crippen molar-refractivity contribution in [1.82, 2.24) is 0 Å². The largest absolute Gasteiger partial charge is 0.466 e. The fourth-order valence-electron chi connectivity index (χ4n) is 1.47. The first-order valence-electron chi connectivity index (χ1n) is 7.07. The molecule has 0 aromatic rings. The van der Waals surface area contributed by atoms with E-state index in [0.717, 1.165) is 25.7 Å². The summed E-state index contributed by atoms with van der Waals surface area (Å²) >= 11 is 0. The lowest BCUT2D eigenvalue weighted by Gasteiger charge is -1.96. The standard InChI is InChI=1S/C16H26O2/c1-3-5-6-7-8-9-10-11-12-13-14-15-16(17)18-4-2/h13-14H,3-7,10-12,15H2,1-2H3/b14-13+. The van der Waals surface area contributed by atoms with Crippen LogP contribution in [0.1, 0.15) is 65.2 Å². The zero-order valence-corrected chi connectivity index (χ0v) is 11.8. The number of ether oxygens (including phenoxy) is 1. The Bertz CT molecular complexity index is 281. The molecule has 0 N–H and O–H groups in total. The summed E-state index contributed by atoms with van der Waals surface area (Å²) in [7, 11) is 0. The summed E-state index contributed by atoms with van der Waals surface area (Å²) in [6.45, 7) is 4.48. The van der Waals surface area contributed by atoms with Gasteiger partial charge in [0.2, 0.25) is 0 Å². The predicted molar refractivity (Wildman–Crippen MR) is 76.2 cm³/mol. The molecule has 0 unspecified atom stereocenters. The Morgan fingerprint density at radius 2 is 1.78 bits per heavy atom. The molecule has 0 aliphatic rings. The molecule has 0 spiro atoms. The van der Waals surface area contributed by atoms with Crippen molar-refractivity contribution in [1.29, 1.82) is 0 Å². The van der Waals surface area contributed by atoms with Gasteiger partial charge >= 0.3 is 5.97 Å². The van der Waals surface area contributed by atoms with E-state index in [1.54, 1.807) is 0 Å². The molecule has 0 aliphatic carbocycles. The third kappa shape index (κ3) is 12.8. The highest BCUT2D eigenvalue weighted by atomic mass is 16.5. The minimum atomic E-state index is -0.149. The van der Waals surface area contributed by atoms with Crippen LogP contribution in [0.3, 0.4) is 0 Å². The van der Waals surface area contributed by atoms with Crippen molar-refractivity contribution >= 4 is 5.97 Å². The number of carbonyl (C=O) groups is 1. The number of esters is 1. The number of carbonyl (C=O) groups excluding carboxylic acids is 1. The summed E-state index contributed by atoms with van der Waals surface area (Å²) in [5.41, 5.74) is 0. The second kappa shape index (κ2) is 13.8. The summed E-state index contributed by atoms with van der Waals surface area (Å²) in [6.07, 6.45) is 12.1. The van der Waals surface area contributed by atoms with Gasteiger partial charge in [0.15, 0.2) is 0 Å². The van der Waals surface area contributed by atoms with E-state index in [1.165, 1.54) is 19.3 Å². The lowest BCUT2D eigenvalue weighted by atomic mass is 10.2. The van der Waals surface area contributed by atoms with Crippen LogP contribution >= 0.6 is 0 Å². The van der Waals surface area contributed by atoms with Gasteiger partial charge in [-0.2, -0.15) is 0 Å². The van der Waals surface area contributed by atoms with Gasteiger partial charge in [-0.25, -0.2) is 0 Å². The van der Waals surface area contributed by atoms with Gasteiger partial charge in [-0.15, -0.1) is 11.8 Å². The lowest BCUT2D eigenvalue weighted by Crippen LogP contribution is -2.01. The first-order chi connectivity index (χ1) is 8.81. The average molecular weight is 250 g/mol. The Balaban J connectivity index is 3.33. The van der Waals surface area contributed by atoms with Gasteiger partial charge in [0.05, 0.1) is 13.0 Å². The molecule has 0 aromatic heterocycles. The van der Waals surface area contributed by atoms with Crippen LogP contribution in [0.2, 0.25) is 0 Å². The van der Waals surface area contributed by atoms with E-state index in [-0.39, 0.29) is 5.97 Å². The molecule has 0 saturated heterocycles. The van der Waals surface area contributed by atoms with Gasteiger partial charge in [-0.05, 0) is 26.2 Å². The summed E-state index contributed by atoms with van der Waals surface area (Å²) in [6, 6.07) is 0. The van der Waals surface area contributed by atoms with Crippen LogP contribution in [0.15, 0.2) is 12.2 Å². The highest BCUT2D eigenvalue weighted by Crippen LogP contribution is 1.99. The molecule has 0 atom stereocenters. The molecule has 0 rings (SSSR count). The highest BCUT2D eigenvalue weighted by Gasteiger charge is 1.95. The maximum Gasteiger partial charge on any atom is 0.309 e. The molecule has 0 fully saturated rings. The number of unbranched alkanes of at least 4 members (excludes halogenated alkanes) is 5. The fraction of sp³-hybridized carbons (Fsp3) is 0.688. The zero-order chi connectivity index (χ0) is 13.5. The molecule has 0 aromatic carbocycles. The smallest absolute Gasteiger partial charge is 0.309 e. The first-order valence-corrected chi connectivity index (χ1v) is 7.07. The van der Waals surface area contributed by atoms with Crippen LogP contribution in [0.5, 0.6) is 0 Å². The summed E-state index contributed by atoms with van der Waals surface area (Å²) in [5, 5.41) is 0. The number of rotatable bonds is 9. The molecule has 2 nitrogen and oxygen atoms in total.